The highest BCUT2D eigenvalue weighted by molar-refractivity contribution is 5.82. The first-order valence-corrected chi connectivity index (χ1v) is 7.12. The first kappa shape index (κ1) is 18.1. The maximum absolute atomic E-state index is 13.2. The maximum Gasteiger partial charge on any atom is 0.414 e. The van der Waals surface area contributed by atoms with E-state index in [1.165, 1.54) is 18.2 Å². The number of hydrogen-bond acceptors (Lipinski definition) is 3. The van der Waals surface area contributed by atoms with Crippen LogP contribution in [-0.4, -0.2) is 30.0 Å². The number of aliphatic hydroxyl groups is 1. The number of aryl methyl sites for hydroxylation is 1. The van der Waals surface area contributed by atoms with E-state index in [1.54, 1.807) is 6.92 Å². The smallest absolute Gasteiger partial charge is 0.414 e. The molecule has 0 radical (unpaired) electrons. The Morgan fingerprint density at radius 1 is 1.33 bits per heavy atom. The van der Waals surface area contributed by atoms with Crippen molar-refractivity contribution in [3.63, 3.8) is 0 Å². The van der Waals surface area contributed by atoms with Crippen molar-refractivity contribution in [1.29, 1.82) is 0 Å². The molecule has 5 nitrogen and oxygen atoms in total. The molecule has 2 rings (SSSR count). The Morgan fingerprint density at radius 2 is 2.04 bits per heavy atom. The van der Waals surface area contributed by atoms with Gasteiger partial charge in [-0.05, 0) is 31.5 Å². The minimum Gasteiger partial charge on any atom is -0.459 e. The number of nitrogens with one attached hydrogen (secondary N) is 2. The van der Waals surface area contributed by atoms with Gasteiger partial charge in [0, 0.05) is 17.5 Å². The van der Waals surface area contributed by atoms with Gasteiger partial charge in [-0.15, -0.1) is 0 Å². The molecule has 2 aromatic rings. The molecule has 0 aliphatic rings. The summed E-state index contributed by atoms with van der Waals surface area (Å²) < 4.78 is 55.0. The molecule has 1 unspecified atom stereocenters. The van der Waals surface area contributed by atoms with Crippen LogP contribution in [0.5, 0.6) is 0 Å². The molecule has 24 heavy (non-hydrogen) atoms. The third-order valence-corrected chi connectivity index (χ3v) is 3.49. The van der Waals surface area contributed by atoms with E-state index >= 15 is 0 Å². The summed E-state index contributed by atoms with van der Waals surface area (Å²) in [6, 6.07) is 3.34. The van der Waals surface area contributed by atoms with Crippen LogP contribution in [0, 0.1) is 12.7 Å². The highest BCUT2D eigenvalue weighted by atomic mass is 19.4. The summed E-state index contributed by atoms with van der Waals surface area (Å²) in [5.41, 5.74) is 1.14. The fourth-order valence-electron chi connectivity index (χ4n) is 2.12. The van der Waals surface area contributed by atoms with Gasteiger partial charge in [-0.25, -0.2) is 9.18 Å². The Hall–Kier alpha value is -2.29. The van der Waals surface area contributed by atoms with Gasteiger partial charge in [-0.3, -0.25) is 0 Å². The van der Waals surface area contributed by atoms with Gasteiger partial charge in [0.15, 0.2) is 6.10 Å². The molecule has 132 valence electrons. The van der Waals surface area contributed by atoms with Gasteiger partial charge < -0.3 is 20.2 Å². The molecular weight excluding hydrogens is 332 g/mol. The summed E-state index contributed by atoms with van der Waals surface area (Å²) in [5.74, 6) is 0.00736. The zero-order chi connectivity index (χ0) is 17.9. The van der Waals surface area contributed by atoms with E-state index in [-0.39, 0.29) is 13.1 Å². The van der Waals surface area contributed by atoms with Crippen LogP contribution in [0.15, 0.2) is 22.6 Å². The topological polar surface area (TPSA) is 74.5 Å². The van der Waals surface area contributed by atoms with E-state index in [9.17, 15) is 22.4 Å². The Labute approximate surface area is 134 Å². The lowest BCUT2D eigenvalue weighted by atomic mass is 10.1. The van der Waals surface area contributed by atoms with Gasteiger partial charge in [0.2, 0.25) is 0 Å². The normalized spacial score (nSPS) is 13.1. The molecule has 1 aromatic heterocycles. The van der Waals surface area contributed by atoms with Crippen molar-refractivity contribution in [2.45, 2.75) is 32.2 Å². The van der Waals surface area contributed by atoms with E-state index < -0.39 is 30.5 Å². The van der Waals surface area contributed by atoms with Crippen LogP contribution in [-0.2, 0) is 6.54 Å². The second-order valence-electron chi connectivity index (χ2n) is 5.25. The minimum atomic E-state index is -4.71. The lowest BCUT2D eigenvalue weighted by molar-refractivity contribution is -0.204. The van der Waals surface area contributed by atoms with E-state index in [1.807, 2.05) is 0 Å². The highest BCUT2D eigenvalue weighted by Gasteiger charge is 2.37. The SMILES string of the molecule is Cc1c(CNC(=O)NCCC(O)C(F)(F)F)oc2ccc(F)cc12. The number of urea groups is 1. The molecule has 0 aliphatic heterocycles. The van der Waals surface area contributed by atoms with Crippen molar-refractivity contribution in [3.05, 3.63) is 35.3 Å². The Bertz CT molecular complexity index is 727. The number of alkyl halides is 3. The third kappa shape index (κ3) is 4.38. The predicted octanol–water partition coefficient (Wildman–Crippen LogP) is 2.99. The van der Waals surface area contributed by atoms with Crippen molar-refractivity contribution in [1.82, 2.24) is 10.6 Å². The molecule has 0 saturated carbocycles. The average molecular weight is 348 g/mol. The van der Waals surface area contributed by atoms with Crippen LogP contribution in [0.4, 0.5) is 22.4 Å². The van der Waals surface area contributed by atoms with Crippen LogP contribution in [0.1, 0.15) is 17.7 Å². The summed E-state index contributed by atoms with van der Waals surface area (Å²) in [7, 11) is 0. The van der Waals surface area contributed by atoms with Gasteiger partial charge in [-0.1, -0.05) is 0 Å². The molecule has 0 saturated heterocycles. The number of aliphatic hydroxyl groups excluding tert-OH is 1. The molecule has 9 heteroatoms. The second kappa shape index (κ2) is 7.08. The van der Waals surface area contributed by atoms with Crippen molar-refractivity contribution in [3.8, 4) is 0 Å². The van der Waals surface area contributed by atoms with E-state index in [2.05, 4.69) is 10.6 Å². The Kier molecular flexibility index (Phi) is 5.33. The minimum absolute atomic E-state index is 0.00418. The number of carbonyl (C=O) groups excluding carboxylic acids is 1. The molecule has 1 atom stereocenters. The van der Waals surface area contributed by atoms with E-state index in [0.717, 1.165) is 0 Å². The van der Waals surface area contributed by atoms with Crippen molar-refractivity contribution >= 4 is 17.0 Å². The predicted molar refractivity (Wildman–Crippen MR) is 77.8 cm³/mol. The Balaban J connectivity index is 1.85. The zero-order valence-electron chi connectivity index (χ0n) is 12.7. The maximum atomic E-state index is 13.2. The number of carbonyl (C=O) groups is 1. The zero-order valence-corrected chi connectivity index (χ0v) is 12.7. The number of rotatable bonds is 5. The average Bonchev–Trinajstić information content (AvgIpc) is 2.80. The first-order chi connectivity index (χ1) is 11.2. The fourth-order valence-corrected chi connectivity index (χ4v) is 2.12. The van der Waals surface area contributed by atoms with Gasteiger partial charge in [0.25, 0.3) is 0 Å². The largest absolute Gasteiger partial charge is 0.459 e. The monoisotopic (exact) mass is 348 g/mol. The summed E-state index contributed by atoms with van der Waals surface area (Å²) >= 11 is 0. The van der Waals surface area contributed by atoms with Gasteiger partial charge >= 0.3 is 12.2 Å². The van der Waals surface area contributed by atoms with Crippen molar-refractivity contribution in [2.24, 2.45) is 0 Å². The van der Waals surface area contributed by atoms with Crippen molar-refractivity contribution < 1.29 is 31.9 Å². The summed E-state index contributed by atoms with van der Waals surface area (Å²) in [4.78, 5) is 11.5. The van der Waals surface area contributed by atoms with Crippen LogP contribution in [0.25, 0.3) is 11.0 Å². The summed E-state index contributed by atoms with van der Waals surface area (Å²) in [6.45, 7) is 1.37. The van der Waals surface area contributed by atoms with Crippen LogP contribution < -0.4 is 10.6 Å². The molecule has 0 fully saturated rings. The standard InChI is InChI=1S/C15H16F4N2O3/c1-8-10-6-9(16)2-3-11(10)24-12(8)7-21-14(23)20-5-4-13(22)15(17,18)19/h2-3,6,13,22H,4-5,7H2,1H3,(H2,20,21,23). The van der Waals surface area contributed by atoms with E-state index in [0.29, 0.717) is 22.3 Å². The lowest BCUT2D eigenvalue weighted by Crippen LogP contribution is -2.38. The van der Waals surface area contributed by atoms with Crippen molar-refractivity contribution in [2.75, 3.05) is 6.54 Å². The molecule has 0 bridgehead atoms. The van der Waals surface area contributed by atoms with E-state index in [4.69, 9.17) is 9.52 Å². The number of halogens is 4. The number of benzene rings is 1. The molecule has 2 amide bonds. The summed E-state index contributed by atoms with van der Waals surface area (Å²) in [5, 5.41) is 14.0. The van der Waals surface area contributed by atoms with Crippen LogP contribution >= 0.6 is 0 Å². The number of hydrogen-bond donors (Lipinski definition) is 3. The molecular formula is C15H16F4N2O3. The first-order valence-electron chi connectivity index (χ1n) is 7.12. The number of fused-ring (bicyclic) bond motifs is 1. The highest BCUT2D eigenvalue weighted by Crippen LogP contribution is 2.25. The molecule has 3 N–H and O–H groups in total. The second-order valence-corrected chi connectivity index (χ2v) is 5.25. The van der Waals surface area contributed by atoms with Gasteiger partial charge in [0.05, 0.1) is 6.54 Å². The van der Waals surface area contributed by atoms with Crippen LogP contribution in [0.3, 0.4) is 0 Å². The van der Waals surface area contributed by atoms with Gasteiger partial charge in [-0.2, -0.15) is 13.2 Å². The fraction of sp³-hybridized carbons (Fsp3) is 0.400. The van der Waals surface area contributed by atoms with Crippen LogP contribution in [0.2, 0.25) is 0 Å². The molecule has 0 aliphatic carbocycles. The number of furan rings is 1. The molecule has 1 heterocycles. The summed E-state index contributed by atoms with van der Waals surface area (Å²) in [6.07, 6.45) is -7.83. The third-order valence-electron chi connectivity index (χ3n) is 3.49. The molecule has 0 spiro atoms. The lowest BCUT2D eigenvalue weighted by Gasteiger charge is -2.14. The quantitative estimate of drug-likeness (QED) is 0.727. The van der Waals surface area contributed by atoms with Gasteiger partial charge in [0.1, 0.15) is 17.2 Å². The molecule has 1 aromatic carbocycles. The Morgan fingerprint density at radius 3 is 2.71 bits per heavy atom. The number of amides is 2.